The monoisotopic (exact) mass is 431 g/mol. The molecule has 3 aromatic carbocycles. The molecule has 0 saturated carbocycles. The SMILES string of the molecule is CSc1cccc(N2C[C@@H](c3nc4ccccc4n3Cc3ccc(F)cc3)CC2=O)c1. The first-order chi connectivity index (χ1) is 15.1. The third kappa shape index (κ3) is 3.83. The zero-order chi connectivity index (χ0) is 21.4. The Bertz CT molecular complexity index is 1250. The molecule has 2 heterocycles. The van der Waals surface area contributed by atoms with E-state index >= 15 is 0 Å². The number of hydrogen-bond acceptors (Lipinski definition) is 3. The van der Waals surface area contributed by atoms with Crippen molar-refractivity contribution in [2.45, 2.75) is 23.8 Å². The number of hydrogen-bond donors (Lipinski definition) is 0. The summed E-state index contributed by atoms with van der Waals surface area (Å²) in [4.78, 5) is 20.8. The van der Waals surface area contributed by atoms with E-state index in [0.29, 0.717) is 19.5 Å². The van der Waals surface area contributed by atoms with Crippen molar-refractivity contribution in [2.75, 3.05) is 17.7 Å². The van der Waals surface area contributed by atoms with Crippen LogP contribution in [-0.2, 0) is 11.3 Å². The summed E-state index contributed by atoms with van der Waals surface area (Å²) in [6.07, 6.45) is 2.46. The number of aromatic nitrogens is 2. The smallest absolute Gasteiger partial charge is 0.227 e. The minimum atomic E-state index is -0.246. The van der Waals surface area contributed by atoms with Gasteiger partial charge < -0.3 is 9.47 Å². The van der Waals surface area contributed by atoms with Gasteiger partial charge >= 0.3 is 0 Å². The number of fused-ring (bicyclic) bond motifs is 1. The van der Waals surface area contributed by atoms with Crippen LogP contribution in [0.15, 0.2) is 77.7 Å². The summed E-state index contributed by atoms with van der Waals surface area (Å²) in [5.74, 6) is 0.772. The van der Waals surface area contributed by atoms with Crippen LogP contribution < -0.4 is 4.90 Å². The van der Waals surface area contributed by atoms with Crippen LogP contribution in [0.5, 0.6) is 0 Å². The predicted molar refractivity (Wildman–Crippen MR) is 123 cm³/mol. The molecule has 1 aromatic heterocycles. The van der Waals surface area contributed by atoms with Crippen molar-refractivity contribution in [2.24, 2.45) is 0 Å². The predicted octanol–water partition coefficient (Wildman–Crippen LogP) is 5.47. The molecule has 0 aliphatic carbocycles. The Balaban J connectivity index is 1.51. The van der Waals surface area contributed by atoms with Crippen molar-refractivity contribution < 1.29 is 9.18 Å². The number of carbonyl (C=O) groups excluding carboxylic acids is 1. The Morgan fingerprint density at radius 1 is 1.06 bits per heavy atom. The van der Waals surface area contributed by atoms with Gasteiger partial charge in [0.1, 0.15) is 11.6 Å². The lowest BCUT2D eigenvalue weighted by Gasteiger charge is -2.18. The normalized spacial score (nSPS) is 16.4. The quantitative estimate of drug-likeness (QED) is 0.394. The lowest BCUT2D eigenvalue weighted by molar-refractivity contribution is -0.117. The van der Waals surface area contributed by atoms with Gasteiger partial charge in [-0.15, -0.1) is 11.8 Å². The maximum absolute atomic E-state index is 13.4. The zero-order valence-electron chi connectivity index (χ0n) is 17.2. The molecule has 0 radical (unpaired) electrons. The largest absolute Gasteiger partial charge is 0.323 e. The fourth-order valence-corrected chi connectivity index (χ4v) is 4.71. The summed E-state index contributed by atoms with van der Waals surface area (Å²) in [5.41, 5.74) is 3.87. The molecule has 156 valence electrons. The maximum atomic E-state index is 13.4. The minimum absolute atomic E-state index is 0.00159. The highest BCUT2D eigenvalue weighted by Crippen LogP contribution is 2.34. The first kappa shape index (κ1) is 19.8. The summed E-state index contributed by atoms with van der Waals surface area (Å²) in [6.45, 7) is 1.19. The molecule has 0 spiro atoms. The number of anilines is 1. The number of imidazole rings is 1. The highest BCUT2D eigenvalue weighted by molar-refractivity contribution is 7.98. The van der Waals surface area contributed by atoms with Gasteiger partial charge in [-0.1, -0.05) is 30.3 Å². The van der Waals surface area contributed by atoms with Gasteiger partial charge in [0.05, 0.1) is 11.0 Å². The first-order valence-electron chi connectivity index (χ1n) is 10.3. The molecule has 0 unspecified atom stereocenters. The summed E-state index contributed by atoms with van der Waals surface area (Å²) in [6, 6.07) is 22.7. The fourth-order valence-electron chi connectivity index (χ4n) is 4.25. The standard InChI is InChI=1S/C25H22FN3OS/c1-31-21-6-4-5-20(14-21)28-16-18(13-24(28)30)25-27-22-7-2-3-8-23(22)29(25)15-17-9-11-19(26)12-10-17/h2-12,14,18H,13,15-16H2,1H3/t18-/m0/s1. The number of halogens is 1. The average molecular weight is 432 g/mol. The molecule has 6 heteroatoms. The van der Waals surface area contributed by atoms with E-state index in [4.69, 9.17) is 4.98 Å². The van der Waals surface area contributed by atoms with Gasteiger partial charge in [0.25, 0.3) is 0 Å². The molecular weight excluding hydrogens is 409 g/mol. The van der Waals surface area contributed by atoms with Crippen molar-refractivity contribution in [3.05, 3.63) is 90.0 Å². The number of thioether (sulfide) groups is 1. The van der Waals surface area contributed by atoms with Crippen LogP contribution in [0.1, 0.15) is 23.7 Å². The third-order valence-corrected chi connectivity index (χ3v) is 6.52. The molecule has 1 atom stereocenters. The van der Waals surface area contributed by atoms with E-state index in [1.807, 2.05) is 53.6 Å². The van der Waals surface area contributed by atoms with E-state index in [9.17, 15) is 9.18 Å². The van der Waals surface area contributed by atoms with Gasteiger partial charge in [0, 0.05) is 36.0 Å². The first-order valence-corrected chi connectivity index (χ1v) is 11.5. The second-order valence-corrected chi connectivity index (χ2v) is 8.66. The molecule has 1 saturated heterocycles. The molecule has 5 rings (SSSR count). The number of carbonyl (C=O) groups is 1. The number of rotatable bonds is 5. The second kappa shape index (κ2) is 8.19. The van der Waals surface area contributed by atoms with E-state index in [2.05, 4.69) is 10.6 Å². The lowest BCUT2D eigenvalue weighted by Crippen LogP contribution is -2.24. The van der Waals surface area contributed by atoms with E-state index < -0.39 is 0 Å². The van der Waals surface area contributed by atoms with Gasteiger partial charge in [0.2, 0.25) is 5.91 Å². The van der Waals surface area contributed by atoms with Crippen LogP contribution in [0.4, 0.5) is 10.1 Å². The molecule has 31 heavy (non-hydrogen) atoms. The van der Waals surface area contributed by atoms with E-state index in [-0.39, 0.29) is 17.6 Å². The Kier molecular flexibility index (Phi) is 5.24. The summed E-state index contributed by atoms with van der Waals surface area (Å²) in [5, 5.41) is 0. The van der Waals surface area contributed by atoms with Gasteiger partial charge in [-0.3, -0.25) is 4.79 Å². The number of para-hydroxylation sites is 2. The van der Waals surface area contributed by atoms with Crippen molar-refractivity contribution in [1.82, 2.24) is 9.55 Å². The van der Waals surface area contributed by atoms with Crippen LogP contribution in [0.25, 0.3) is 11.0 Å². The molecule has 1 amide bonds. The maximum Gasteiger partial charge on any atom is 0.227 e. The molecular formula is C25H22FN3OS. The zero-order valence-corrected chi connectivity index (χ0v) is 18.0. The van der Waals surface area contributed by atoms with Crippen LogP contribution in [0, 0.1) is 5.82 Å². The summed E-state index contributed by atoms with van der Waals surface area (Å²) >= 11 is 1.67. The van der Waals surface area contributed by atoms with Crippen molar-refractivity contribution in [3.63, 3.8) is 0 Å². The average Bonchev–Trinajstić information content (AvgIpc) is 3.36. The highest BCUT2D eigenvalue weighted by Gasteiger charge is 2.35. The summed E-state index contributed by atoms with van der Waals surface area (Å²) in [7, 11) is 0. The van der Waals surface area contributed by atoms with Crippen LogP contribution >= 0.6 is 11.8 Å². The molecule has 4 aromatic rings. The van der Waals surface area contributed by atoms with Gasteiger partial charge in [-0.25, -0.2) is 9.37 Å². The van der Waals surface area contributed by atoms with E-state index in [0.717, 1.165) is 33.0 Å². The van der Waals surface area contributed by atoms with Crippen molar-refractivity contribution in [3.8, 4) is 0 Å². The summed E-state index contributed by atoms with van der Waals surface area (Å²) < 4.78 is 15.6. The van der Waals surface area contributed by atoms with Gasteiger partial charge in [0.15, 0.2) is 0 Å². The molecule has 1 aliphatic rings. The molecule has 4 nitrogen and oxygen atoms in total. The Labute approximate surface area is 184 Å². The van der Waals surface area contributed by atoms with E-state index in [1.54, 1.807) is 23.9 Å². The number of benzene rings is 3. The van der Waals surface area contributed by atoms with Gasteiger partial charge in [-0.2, -0.15) is 0 Å². The van der Waals surface area contributed by atoms with Crippen molar-refractivity contribution in [1.29, 1.82) is 0 Å². The van der Waals surface area contributed by atoms with Crippen LogP contribution in [0.2, 0.25) is 0 Å². The topological polar surface area (TPSA) is 38.1 Å². The Hall–Kier alpha value is -3.12. The lowest BCUT2D eigenvalue weighted by atomic mass is 10.1. The Morgan fingerprint density at radius 2 is 1.87 bits per heavy atom. The van der Waals surface area contributed by atoms with Crippen LogP contribution in [-0.4, -0.2) is 28.3 Å². The Morgan fingerprint density at radius 3 is 2.68 bits per heavy atom. The fraction of sp³-hybridized carbons (Fsp3) is 0.200. The molecule has 0 bridgehead atoms. The minimum Gasteiger partial charge on any atom is -0.323 e. The second-order valence-electron chi connectivity index (χ2n) is 7.78. The highest BCUT2D eigenvalue weighted by atomic mass is 32.2. The molecule has 1 aliphatic heterocycles. The van der Waals surface area contributed by atoms with E-state index in [1.165, 1.54) is 12.1 Å². The number of nitrogens with zero attached hydrogens (tertiary/aromatic N) is 3. The molecule has 0 N–H and O–H groups in total. The van der Waals surface area contributed by atoms with Gasteiger partial charge in [-0.05, 0) is 54.3 Å². The molecule has 1 fully saturated rings. The van der Waals surface area contributed by atoms with Crippen LogP contribution in [0.3, 0.4) is 0 Å². The third-order valence-electron chi connectivity index (χ3n) is 5.79. The van der Waals surface area contributed by atoms with Crippen molar-refractivity contribution >= 4 is 34.4 Å². The number of amides is 1.